The van der Waals surface area contributed by atoms with Crippen LogP contribution in [0.25, 0.3) is 0 Å². The zero-order chi connectivity index (χ0) is 7.56. The Morgan fingerprint density at radius 1 is 1.80 bits per heavy atom. The summed E-state index contributed by atoms with van der Waals surface area (Å²) in [5.41, 5.74) is 1.57. The fourth-order valence-electron chi connectivity index (χ4n) is 0.814. The standard InChI is InChI=1S/C7H8ClNO/c1-5-2-3-9-7(5)6(10)4-8/h2-3,9H,4H2,1H3. The monoisotopic (exact) mass is 157 g/mol. The van der Waals surface area contributed by atoms with E-state index in [-0.39, 0.29) is 11.7 Å². The second-order valence-electron chi connectivity index (χ2n) is 2.09. The first-order valence-corrected chi connectivity index (χ1v) is 3.52. The molecule has 0 aromatic carbocycles. The minimum Gasteiger partial charge on any atom is -0.359 e. The molecule has 0 bridgehead atoms. The van der Waals surface area contributed by atoms with Crippen molar-refractivity contribution in [3.63, 3.8) is 0 Å². The molecule has 10 heavy (non-hydrogen) atoms. The zero-order valence-electron chi connectivity index (χ0n) is 5.65. The third-order valence-corrected chi connectivity index (χ3v) is 1.60. The van der Waals surface area contributed by atoms with Crippen molar-refractivity contribution in [2.75, 3.05) is 5.88 Å². The molecule has 0 aliphatic heterocycles. The Morgan fingerprint density at radius 2 is 2.50 bits per heavy atom. The van der Waals surface area contributed by atoms with Gasteiger partial charge in [-0.25, -0.2) is 0 Å². The minimum atomic E-state index is -0.0517. The van der Waals surface area contributed by atoms with Crippen LogP contribution in [0.5, 0.6) is 0 Å². The highest BCUT2D eigenvalue weighted by atomic mass is 35.5. The maximum atomic E-state index is 10.9. The fourth-order valence-corrected chi connectivity index (χ4v) is 0.948. The summed E-state index contributed by atoms with van der Waals surface area (Å²) >= 11 is 5.35. The number of rotatable bonds is 2. The van der Waals surface area contributed by atoms with Gasteiger partial charge < -0.3 is 4.98 Å². The Morgan fingerprint density at radius 3 is 2.90 bits per heavy atom. The minimum absolute atomic E-state index is 0.0430. The highest BCUT2D eigenvalue weighted by molar-refractivity contribution is 6.30. The van der Waals surface area contributed by atoms with Gasteiger partial charge in [-0.1, -0.05) is 0 Å². The Hall–Kier alpha value is -0.760. The van der Waals surface area contributed by atoms with Crippen LogP contribution in [0.15, 0.2) is 12.3 Å². The van der Waals surface area contributed by atoms with Crippen LogP contribution in [-0.2, 0) is 0 Å². The summed E-state index contributed by atoms with van der Waals surface area (Å²) < 4.78 is 0. The molecule has 0 unspecified atom stereocenters. The molecule has 0 atom stereocenters. The van der Waals surface area contributed by atoms with Crippen LogP contribution in [0.2, 0.25) is 0 Å². The molecule has 0 fully saturated rings. The van der Waals surface area contributed by atoms with Gasteiger partial charge in [0, 0.05) is 6.20 Å². The van der Waals surface area contributed by atoms with Crippen LogP contribution in [0.3, 0.4) is 0 Å². The van der Waals surface area contributed by atoms with Crippen LogP contribution < -0.4 is 0 Å². The second kappa shape index (κ2) is 2.88. The van der Waals surface area contributed by atoms with Gasteiger partial charge in [0.05, 0.1) is 11.6 Å². The van der Waals surface area contributed by atoms with Gasteiger partial charge in [0.15, 0.2) is 5.78 Å². The molecule has 1 heterocycles. The lowest BCUT2D eigenvalue weighted by Gasteiger charge is -1.92. The van der Waals surface area contributed by atoms with Gasteiger partial charge in [0.2, 0.25) is 0 Å². The smallest absolute Gasteiger partial charge is 0.193 e. The number of aromatic amines is 1. The maximum absolute atomic E-state index is 10.9. The number of carbonyl (C=O) groups excluding carboxylic acids is 1. The lowest BCUT2D eigenvalue weighted by Crippen LogP contribution is -2.01. The normalized spacial score (nSPS) is 9.80. The molecule has 0 saturated carbocycles. The van der Waals surface area contributed by atoms with E-state index in [1.54, 1.807) is 6.20 Å². The van der Waals surface area contributed by atoms with Crippen molar-refractivity contribution >= 4 is 17.4 Å². The molecular weight excluding hydrogens is 150 g/mol. The molecule has 0 saturated heterocycles. The predicted octanol–water partition coefficient (Wildman–Crippen LogP) is 1.74. The van der Waals surface area contributed by atoms with E-state index in [1.165, 1.54) is 0 Å². The first-order valence-electron chi connectivity index (χ1n) is 2.99. The summed E-state index contributed by atoms with van der Waals surface area (Å²) in [4.78, 5) is 13.8. The summed E-state index contributed by atoms with van der Waals surface area (Å²) in [5.74, 6) is -0.00869. The molecule has 0 spiro atoms. The molecule has 0 amide bonds. The summed E-state index contributed by atoms with van der Waals surface area (Å²) in [6.45, 7) is 1.87. The SMILES string of the molecule is Cc1cc[nH]c1C(=O)CCl. The Balaban J connectivity index is 2.93. The van der Waals surface area contributed by atoms with Crippen molar-refractivity contribution in [1.29, 1.82) is 0 Å². The zero-order valence-corrected chi connectivity index (χ0v) is 6.40. The molecule has 1 N–H and O–H groups in total. The maximum Gasteiger partial charge on any atom is 0.193 e. The van der Waals surface area contributed by atoms with Gasteiger partial charge in [-0.05, 0) is 18.6 Å². The number of carbonyl (C=O) groups is 1. The molecule has 1 aromatic heterocycles. The predicted molar refractivity (Wildman–Crippen MR) is 40.6 cm³/mol. The fraction of sp³-hybridized carbons (Fsp3) is 0.286. The molecule has 3 heteroatoms. The molecule has 1 aromatic rings. The third-order valence-electron chi connectivity index (χ3n) is 1.36. The lowest BCUT2D eigenvalue weighted by molar-refractivity contribution is 0.101. The van der Waals surface area contributed by atoms with Gasteiger partial charge in [0.25, 0.3) is 0 Å². The van der Waals surface area contributed by atoms with E-state index < -0.39 is 0 Å². The van der Waals surface area contributed by atoms with Crippen molar-refractivity contribution in [3.8, 4) is 0 Å². The van der Waals surface area contributed by atoms with Crippen LogP contribution in [0.4, 0.5) is 0 Å². The topological polar surface area (TPSA) is 32.9 Å². The number of Topliss-reactive ketones (excluding diaryl/α,β-unsaturated/α-hetero) is 1. The number of halogens is 1. The van der Waals surface area contributed by atoms with Gasteiger partial charge >= 0.3 is 0 Å². The molecule has 1 rings (SSSR count). The summed E-state index contributed by atoms with van der Waals surface area (Å²) in [7, 11) is 0. The van der Waals surface area contributed by atoms with E-state index in [9.17, 15) is 4.79 Å². The molecular formula is C7H8ClNO. The van der Waals surface area contributed by atoms with Gasteiger partial charge in [-0.3, -0.25) is 4.79 Å². The van der Waals surface area contributed by atoms with E-state index in [4.69, 9.17) is 11.6 Å². The Labute approximate surface area is 64.2 Å². The molecule has 0 aliphatic carbocycles. The number of ketones is 1. The Bertz CT molecular complexity index is 242. The molecule has 2 nitrogen and oxygen atoms in total. The average Bonchev–Trinajstić information content (AvgIpc) is 2.34. The van der Waals surface area contributed by atoms with Crippen molar-refractivity contribution < 1.29 is 4.79 Å². The van der Waals surface area contributed by atoms with Gasteiger partial charge in [-0.2, -0.15) is 0 Å². The van der Waals surface area contributed by atoms with E-state index >= 15 is 0 Å². The van der Waals surface area contributed by atoms with E-state index in [2.05, 4.69) is 4.98 Å². The number of H-pyrrole nitrogens is 1. The van der Waals surface area contributed by atoms with Crippen LogP contribution in [0.1, 0.15) is 16.1 Å². The number of aryl methyl sites for hydroxylation is 1. The third kappa shape index (κ3) is 1.21. The van der Waals surface area contributed by atoms with Gasteiger partial charge in [-0.15, -0.1) is 11.6 Å². The molecule has 0 aliphatic rings. The van der Waals surface area contributed by atoms with E-state index in [0.717, 1.165) is 5.56 Å². The number of hydrogen-bond acceptors (Lipinski definition) is 1. The number of hydrogen-bond donors (Lipinski definition) is 1. The van der Waals surface area contributed by atoms with E-state index in [0.29, 0.717) is 5.69 Å². The van der Waals surface area contributed by atoms with Crippen molar-refractivity contribution in [3.05, 3.63) is 23.5 Å². The van der Waals surface area contributed by atoms with Gasteiger partial charge in [0.1, 0.15) is 0 Å². The quantitative estimate of drug-likeness (QED) is 0.515. The van der Waals surface area contributed by atoms with Crippen LogP contribution >= 0.6 is 11.6 Å². The van der Waals surface area contributed by atoms with Crippen molar-refractivity contribution in [2.45, 2.75) is 6.92 Å². The van der Waals surface area contributed by atoms with Crippen molar-refractivity contribution in [1.82, 2.24) is 4.98 Å². The van der Waals surface area contributed by atoms with Crippen molar-refractivity contribution in [2.24, 2.45) is 0 Å². The van der Waals surface area contributed by atoms with Crippen LogP contribution in [-0.4, -0.2) is 16.6 Å². The lowest BCUT2D eigenvalue weighted by atomic mass is 10.2. The van der Waals surface area contributed by atoms with Crippen LogP contribution in [0, 0.1) is 6.92 Å². The number of aromatic nitrogens is 1. The summed E-state index contributed by atoms with van der Waals surface area (Å²) in [6.07, 6.45) is 1.73. The summed E-state index contributed by atoms with van der Waals surface area (Å²) in [6, 6.07) is 1.85. The average molecular weight is 158 g/mol. The second-order valence-corrected chi connectivity index (χ2v) is 2.36. The first kappa shape index (κ1) is 7.35. The molecule has 0 radical (unpaired) electrons. The number of nitrogens with one attached hydrogen (secondary N) is 1. The highest BCUT2D eigenvalue weighted by Gasteiger charge is 2.06. The first-order chi connectivity index (χ1) is 4.75. The Kier molecular flexibility index (Phi) is 2.12. The molecule has 54 valence electrons. The number of alkyl halides is 1. The highest BCUT2D eigenvalue weighted by Crippen LogP contribution is 2.05. The largest absolute Gasteiger partial charge is 0.359 e. The van der Waals surface area contributed by atoms with E-state index in [1.807, 2.05) is 13.0 Å². The summed E-state index contributed by atoms with van der Waals surface area (Å²) in [5, 5.41) is 0.